The Kier molecular flexibility index (Phi) is 3.59. The number of rotatable bonds is 3. The Labute approximate surface area is 117 Å². The van der Waals surface area contributed by atoms with Gasteiger partial charge in [0.2, 0.25) is 0 Å². The summed E-state index contributed by atoms with van der Waals surface area (Å²) in [4.78, 5) is 0.0621. The third-order valence-corrected chi connectivity index (χ3v) is 4.28. The van der Waals surface area contributed by atoms with Gasteiger partial charge in [-0.25, -0.2) is 8.42 Å². The van der Waals surface area contributed by atoms with Gasteiger partial charge in [-0.05, 0) is 40.8 Å². The van der Waals surface area contributed by atoms with Gasteiger partial charge in [0.05, 0.1) is 16.9 Å². The lowest BCUT2D eigenvalue weighted by molar-refractivity contribution is 0.601. The first kappa shape index (κ1) is 12.7. The van der Waals surface area contributed by atoms with E-state index in [0.29, 0.717) is 10.7 Å². The lowest BCUT2D eigenvalue weighted by Gasteiger charge is -2.08. The van der Waals surface area contributed by atoms with Crippen LogP contribution < -0.4 is 4.72 Å². The van der Waals surface area contributed by atoms with Gasteiger partial charge in [0.15, 0.2) is 0 Å². The van der Waals surface area contributed by atoms with Crippen molar-refractivity contribution in [3.05, 3.63) is 39.2 Å². The van der Waals surface area contributed by atoms with Crippen LogP contribution >= 0.6 is 34.2 Å². The summed E-state index contributed by atoms with van der Waals surface area (Å²) in [5.74, 6) is 0. The van der Waals surface area contributed by atoms with E-state index in [4.69, 9.17) is 11.6 Å². The quantitative estimate of drug-likeness (QED) is 0.800. The molecule has 0 spiro atoms. The normalized spacial score (nSPS) is 11.4. The molecular weight excluding hydrogens is 377 g/mol. The van der Waals surface area contributed by atoms with Gasteiger partial charge in [-0.2, -0.15) is 5.10 Å². The van der Waals surface area contributed by atoms with Crippen molar-refractivity contribution >= 4 is 49.9 Å². The van der Waals surface area contributed by atoms with Crippen molar-refractivity contribution in [2.75, 3.05) is 4.72 Å². The van der Waals surface area contributed by atoms with Crippen LogP contribution in [0, 0.1) is 3.57 Å². The fourth-order valence-electron chi connectivity index (χ4n) is 1.16. The highest BCUT2D eigenvalue weighted by molar-refractivity contribution is 14.1. The van der Waals surface area contributed by atoms with Crippen LogP contribution in [0.3, 0.4) is 0 Å². The maximum Gasteiger partial charge on any atom is 0.265 e. The molecule has 0 aliphatic heterocycles. The van der Waals surface area contributed by atoms with Gasteiger partial charge in [-0.1, -0.05) is 11.6 Å². The van der Waals surface area contributed by atoms with Crippen LogP contribution in [0.2, 0.25) is 5.02 Å². The molecule has 0 saturated heterocycles. The first-order valence-electron chi connectivity index (χ1n) is 4.46. The Morgan fingerprint density at radius 1 is 1.41 bits per heavy atom. The average Bonchev–Trinajstić information content (AvgIpc) is 2.76. The van der Waals surface area contributed by atoms with Crippen LogP contribution in [0.15, 0.2) is 35.5 Å². The molecule has 0 atom stereocenters. The number of hydrogen-bond donors (Lipinski definition) is 2. The number of nitrogens with one attached hydrogen (secondary N) is 2. The monoisotopic (exact) mass is 383 g/mol. The van der Waals surface area contributed by atoms with Crippen LogP contribution in [0.5, 0.6) is 0 Å². The zero-order chi connectivity index (χ0) is 12.5. The van der Waals surface area contributed by atoms with Crippen molar-refractivity contribution < 1.29 is 8.42 Å². The minimum atomic E-state index is -3.64. The third kappa shape index (κ3) is 2.90. The molecule has 0 aliphatic carbocycles. The topological polar surface area (TPSA) is 74.8 Å². The summed E-state index contributed by atoms with van der Waals surface area (Å²) in [6.07, 6.45) is 2.52. The van der Waals surface area contributed by atoms with Crippen molar-refractivity contribution in [1.29, 1.82) is 0 Å². The van der Waals surface area contributed by atoms with Gasteiger partial charge < -0.3 is 0 Å². The number of benzene rings is 1. The predicted molar refractivity (Wildman–Crippen MR) is 73.6 cm³/mol. The van der Waals surface area contributed by atoms with E-state index in [2.05, 4.69) is 37.5 Å². The Morgan fingerprint density at radius 2 is 2.18 bits per heavy atom. The van der Waals surface area contributed by atoms with E-state index in [9.17, 15) is 8.42 Å². The first-order valence-corrected chi connectivity index (χ1v) is 7.40. The Morgan fingerprint density at radius 3 is 2.76 bits per heavy atom. The standard InChI is InChI=1S/C9H7ClIN3O2S/c10-8-3-6(11)1-2-9(8)14-17(15,16)7-4-12-13-5-7/h1-5,14H,(H,12,13). The molecule has 2 aromatic rings. The average molecular weight is 384 g/mol. The molecule has 90 valence electrons. The van der Waals surface area contributed by atoms with Crippen molar-refractivity contribution in [3.63, 3.8) is 0 Å². The van der Waals surface area contributed by atoms with Crippen LogP contribution in [0.4, 0.5) is 5.69 Å². The van der Waals surface area contributed by atoms with Gasteiger partial charge in [0.1, 0.15) is 4.90 Å². The molecule has 2 rings (SSSR count). The third-order valence-electron chi connectivity index (χ3n) is 1.96. The number of sulfonamides is 1. The lowest BCUT2D eigenvalue weighted by Crippen LogP contribution is -2.12. The SMILES string of the molecule is O=S(=O)(Nc1ccc(I)cc1Cl)c1cn[nH]c1. The van der Waals surface area contributed by atoms with Crippen LogP contribution in [0.1, 0.15) is 0 Å². The molecule has 1 aromatic carbocycles. The molecule has 1 heterocycles. The lowest BCUT2D eigenvalue weighted by atomic mass is 10.3. The maximum absolute atomic E-state index is 11.9. The fraction of sp³-hybridized carbons (Fsp3) is 0. The summed E-state index contributed by atoms with van der Waals surface area (Å²) in [7, 11) is -3.64. The van der Waals surface area contributed by atoms with Gasteiger partial charge >= 0.3 is 0 Å². The van der Waals surface area contributed by atoms with Crippen molar-refractivity contribution in [2.24, 2.45) is 0 Å². The number of aromatic nitrogens is 2. The highest BCUT2D eigenvalue weighted by Gasteiger charge is 2.16. The van der Waals surface area contributed by atoms with Gasteiger partial charge in [-0.3, -0.25) is 9.82 Å². The second-order valence-electron chi connectivity index (χ2n) is 3.16. The van der Waals surface area contributed by atoms with E-state index in [1.165, 1.54) is 12.4 Å². The number of hydrogen-bond acceptors (Lipinski definition) is 3. The molecule has 1 aromatic heterocycles. The molecule has 0 saturated carbocycles. The van der Waals surface area contributed by atoms with E-state index in [-0.39, 0.29) is 4.90 Å². The van der Waals surface area contributed by atoms with E-state index in [1.807, 2.05) is 0 Å². The molecule has 0 bridgehead atoms. The summed E-state index contributed by atoms with van der Waals surface area (Å²) in [5.41, 5.74) is 0.341. The molecule has 0 amide bonds. The number of aromatic amines is 1. The summed E-state index contributed by atoms with van der Waals surface area (Å²) in [6, 6.07) is 5.05. The maximum atomic E-state index is 11.9. The molecule has 0 aliphatic rings. The van der Waals surface area contributed by atoms with Gasteiger partial charge in [0, 0.05) is 9.77 Å². The van der Waals surface area contributed by atoms with Crippen molar-refractivity contribution in [3.8, 4) is 0 Å². The van der Waals surface area contributed by atoms with E-state index >= 15 is 0 Å². The van der Waals surface area contributed by atoms with E-state index in [0.717, 1.165) is 3.57 Å². The van der Waals surface area contributed by atoms with Crippen molar-refractivity contribution in [2.45, 2.75) is 4.90 Å². The molecule has 0 radical (unpaired) electrons. The molecule has 0 fully saturated rings. The highest BCUT2D eigenvalue weighted by Crippen LogP contribution is 2.26. The van der Waals surface area contributed by atoms with Crippen molar-refractivity contribution in [1.82, 2.24) is 10.2 Å². The van der Waals surface area contributed by atoms with Gasteiger partial charge in [-0.15, -0.1) is 0 Å². The highest BCUT2D eigenvalue weighted by atomic mass is 127. The summed E-state index contributed by atoms with van der Waals surface area (Å²) >= 11 is 8.04. The predicted octanol–water partition coefficient (Wildman–Crippen LogP) is 2.47. The zero-order valence-electron chi connectivity index (χ0n) is 8.31. The number of H-pyrrole nitrogens is 1. The molecule has 8 heteroatoms. The van der Waals surface area contributed by atoms with Crippen LogP contribution in [0.25, 0.3) is 0 Å². The molecule has 0 unspecified atom stereocenters. The molecular formula is C9H7ClIN3O2S. The fourth-order valence-corrected chi connectivity index (χ4v) is 3.11. The minimum absolute atomic E-state index is 0.0621. The summed E-state index contributed by atoms with van der Waals surface area (Å²) in [6.45, 7) is 0. The molecule has 2 N–H and O–H groups in total. The second-order valence-corrected chi connectivity index (χ2v) is 6.50. The van der Waals surface area contributed by atoms with Gasteiger partial charge in [0.25, 0.3) is 10.0 Å². The first-order chi connectivity index (χ1) is 7.99. The minimum Gasteiger partial charge on any atom is -0.284 e. The summed E-state index contributed by atoms with van der Waals surface area (Å²) in [5, 5.41) is 6.38. The van der Waals surface area contributed by atoms with E-state index < -0.39 is 10.0 Å². The molecule has 5 nitrogen and oxygen atoms in total. The number of anilines is 1. The van der Waals surface area contributed by atoms with Crippen LogP contribution in [-0.4, -0.2) is 18.6 Å². The number of halogens is 2. The largest absolute Gasteiger partial charge is 0.284 e. The van der Waals surface area contributed by atoms with E-state index in [1.54, 1.807) is 18.2 Å². The Balaban J connectivity index is 2.33. The molecule has 17 heavy (non-hydrogen) atoms. The van der Waals surface area contributed by atoms with Crippen LogP contribution in [-0.2, 0) is 10.0 Å². The summed E-state index contributed by atoms with van der Waals surface area (Å²) < 4.78 is 27.1. The second kappa shape index (κ2) is 4.83. The zero-order valence-corrected chi connectivity index (χ0v) is 12.0. The number of nitrogens with zero attached hydrogens (tertiary/aromatic N) is 1. The Hall–Kier alpha value is -0.800. The Bertz CT molecular complexity index is 628. The smallest absolute Gasteiger partial charge is 0.265 e.